The number of thioether (sulfide) groups is 1. The highest BCUT2D eigenvalue weighted by atomic mass is 32.2. The van der Waals surface area contributed by atoms with Gasteiger partial charge in [0.1, 0.15) is 6.04 Å². The number of allylic oxidation sites excluding steroid dienone is 1. The van der Waals surface area contributed by atoms with Crippen molar-refractivity contribution >= 4 is 23.7 Å². The van der Waals surface area contributed by atoms with Crippen molar-refractivity contribution in [3.8, 4) is 11.5 Å². The van der Waals surface area contributed by atoms with E-state index in [-0.39, 0.29) is 12.6 Å². The summed E-state index contributed by atoms with van der Waals surface area (Å²) in [5.74, 6) is 2.40. The number of aromatic nitrogens is 3. The zero-order chi connectivity index (χ0) is 22.4. The van der Waals surface area contributed by atoms with E-state index >= 15 is 0 Å². The van der Waals surface area contributed by atoms with E-state index in [0.29, 0.717) is 40.5 Å². The van der Waals surface area contributed by atoms with E-state index in [9.17, 15) is 4.79 Å². The second-order valence-electron chi connectivity index (χ2n) is 6.99. The third-order valence-corrected chi connectivity index (χ3v) is 5.78. The standard InChI is InChI=1S/C22H30N4O4S/c1-6-9-12-31-22-24-21-23-14(4)18(20(27)30-8-3)19(26(21)25-22)15-10-11-16(29-7-2)17(13-15)28-5/h10-11,13,19H,6-9,12H2,1-5H3,(H,23,24,25). The fourth-order valence-corrected chi connectivity index (χ4v) is 4.32. The molecule has 0 saturated heterocycles. The number of unbranched alkanes of at least 4 members (excludes halogenated alkanes) is 1. The number of carbonyl (C=O) groups excluding carboxylic acids is 1. The molecule has 1 atom stereocenters. The van der Waals surface area contributed by atoms with Crippen LogP contribution in [0, 0.1) is 0 Å². The summed E-state index contributed by atoms with van der Waals surface area (Å²) in [6.45, 7) is 8.54. The van der Waals surface area contributed by atoms with Crippen LogP contribution in [0.1, 0.15) is 52.1 Å². The van der Waals surface area contributed by atoms with E-state index in [2.05, 4.69) is 17.2 Å². The van der Waals surface area contributed by atoms with Crippen LogP contribution in [0.25, 0.3) is 0 Å². The Morgan fingerprint density at radius 1 is 1.23 bits per heavy atom. The summed E-state index contributed by atoms with van der Waals surface area (Å²) in [4.78, 5) is 17.5. The zero-order valence-corrected chi connectivity index (χ0v) is 19.5. The van der Waals surface area contributed by atoms with E-state index in [1.807, 2.05) is 32.0 Å². The third kappa shape index (κ3) is 4.98. The second kappa shape index (κ2) is 10.6. The SMILES string of the molecule is CCCCSc1nc2n(n1)C(c1ccc(OCC)c(OC)c1)C(C(=O)OCC)=C(C)N2. The third-order valence-electron chi connectivity index (χ3n) is 4.86. The molecular weight excluding hydrogens is 416 g/mol. The first kappa shape index (κ1) is 23.0. The molecule has 8 nitrogen and oxygen atoms in total. The summed E-state index contributed by atoms with van der Waals surface area (Å²) < 4.78 is 18.3. The molecule has 9 heteroatoms. The molecule has 1 aliphatic rings. The Kier molecular flexibility index (Phi) is 7.84. The Morgan fingerprint density at radius 3 is 2.71 bits per heavy atom. The number of nitrogens with zero attached hydrogens (tertiary/aromatic N) is 3. The van der Waals surface area contributed by atoms with Crippen LogP contribution in [0.2, 0.25) is 0 Å². The van der Waals surface area contributed by atoms with Gasteiger partial charge in [-0.15, -0.1) is 5.10 Å². The van der Waals surface area contributed by atoms with Crippen molar-refractivity contribution in [2.24, 2.45) is 0 Å². The quantitative estimate of drug-likeness (QED) is 0.326. The van der Waals surface area contributed by atoms with E-state index in [4.69, 9.17) is 19.3 Å². The van der Waals surface area contributed by atoms with Gasteiger partial charge in [-0.25, -0.2) is 9.48 Å². The van der Waals surface area contributed by atoms with E-state index in [1.54, 1.807) is 30.5 Å². The van der Waals surface area contributed by atoms with Gasteiger partial charge in [0, 0.05) is 11.4 Å². The summed E-state index contributed by atoms with van der Waals surface area (Å²) in [5, 5.41) is 8.61. The van der Waals surface area contributed by atoms with E-state index in [0.717, 1.165) is 24.2 Å². The van der Waals surface area contributed by atoms with Crippen molar-refractivity contribution < 1.29 is 19.0 Å². The fraction of sp³-hybridized carbons (Fsp3) is 0.500. The molecule has 1 aliphatic heterocycles. The highest BCUT2D eigenvalue weighted by molar-refractivity contribution is 7.99. The minimum atomic E-state index is -0.493. The number of ether oxygens (including phenoxy) is 3. The number of hydrogen-bond acceptors (Lipinski definition) is 8. The van der Waals surface area contributed by atoms with Crippen LogP contribution >= 0.6 is 11.8 Å². The monoisotopic (exact) mass is 446 g/mol. The number of anilines is 1. The Bertz CT molecular complexity index is 957. The largest absolute Gasteiger partial charge is 0.493 e. The first-order chi connectivity index (χ1) is 15.0. The Morgan fingerprint density at radius 2 is 2.03 bits per heavy atom. The van der Waals surface area contributed by atoms with E-state index in [1.165, 1.54) is 0 Å². The van der Waals surface area contributed by atoms with Gasteiger partial charge in [0.2, 0.25) is 11.1 Å². The van der Waals surface area contributed by atoms with Gasteiger partial charge >= 0.3 is 5.97 Å². The first-order valence-electron chi connectivity index (χ1n) is 10.6. The van der Waals surface area contributed by atoms with Gasteiger partial charge in [-0.2, -0.15) is 4.98 Å². The number of nitrogens with one attached hydrogen (secondary N) is 1. The lowest BCUT2D eigenvalue weighted by molar-refractivity contribution is -0.139. The van der Waals surface area contributed by atoms with Crippen LogP contribution in [0.4, 0.5) is 5.95 Å². The van der Waals surface area contributed by atoms with Crippen molar-refractivity contribution in [2.45, 2.75) is 51.7 Å². The molecule has 168 valence electrons. The Balaban J connectivity index is 2.08. The number of methoxy groups -OCH3 is 1. The lowest BCUT2D eigenvalue weighted by Crippen LogP contribution is -2.29. The molecule has 1 N–H and O–H groups in total. The van der Waals surface area contributed by atoms with Crippen LogP contribution in [0.15, 0.2) is 34.6 Å². The molecule has 0 saturated carbocycles. The molecule has 0 radical (unpaired) electrons. The first-order valence-corrected chi connectivity index (χ1v) is 11.6. The zero-order valence-electron chi connectivity index (χ0n) is 18.7. The van der Waals surface area contributed by atoms with Gasteiger partial charge in [0.25, 0.3) is 0 Å². The van der Waals surface area contributed by atoms with Gasteiger partial charge in [-0.1, -0.05) is 31.2 Å². The summed E-state index contributed by atoms with van der Waals surface area (Å²) >= 11 is 1.61. The molecule has 0 aliphatic carbocycles. The highest BCUT2D eigenvalue weighted by Gasteiger charge is 2.35. The normalized spacial score (nSPS) is 15.3. The molecular formula is C22H30N4O4S. The minimum absolute atomic E-state index is 0.289. The Hall–Kier alpha value is -2.68. The van der Waals surface area contributed by atoms with Gasteiger partial charge < -0.3 is 19.5 Å². The van der Waals surface area contributed by atoms with Gasteiger partial charge in [0.05, 0.1) is 25.9 Å². The number of carbonyl (C=O) groups is 1. The molecule has 0 fully saturated rings. The van der Waals surface area contributed by atoms with Crippen LogP contribution in [0.3, 0.4) is 0 Å². The van der Waals surface area contributed by atoms with Gasteiger partial charge in [-0.3, -0.25) is 0 Å². The topological polar surface area (TPSA) is 87.5 Å². The second-order valence-corrected chi connectivity index (χ2v) is 8.06. The molecule has 0 bridgehead atoms. The molecule has 0 spiro atoms. The van der Waals surface area contributed by atoms with Crippen molar-refractivity contribution in [3.63, 3.8) is 0 Å². The van der Waals surface area contributed by atoms with Crippen molar-refractivity contribution in [1.82, 2.24) is 14.8 Å². The molecule has 2 aromatic rings. The van der Waals surface area contributed by atoms with E-state index < -0.39 is 6.04 Å². The number of fused-ring (bicyclic) bond motifs is 1. The van der Waals surface area contributed by atoms with Crippen LogP contribution < -0.4 is 14.8 Å². The average Bonchev–Trinajstić information content (AvgIpc) is 3.15. The molecule has 1 aromatic heterocycles. The van der Waals surface area contributed by atoms with Crippen molar-refractivity contribution in [3.05, 3.63) is 35.0 Å². The Labute approximate surface area is 187 Å². The molecule has 1 unspecified atom stereocenters. The molecule has 1 aromatic carbocycles. The van der Waals surface area contributed by atoms with Crippen molar-refractivity contribution in [1.29, 1.82) is 0 Å². The predicted molar refractivity (Wildman–Crippen MR) is 121 cm³/mol. The molecule has 3 rings (SSSR count). The lowest BCUT2D eigenvalue weighted by Gasteiger charge is -2.28. The summed E-state index contributed by atoms with van der Waals surface area (Å²) in [6.07, 6.45) is 2.20. The molecule has 2 heterocycles. The molecule has 0 amide bonds. The number of esters is 1. The average molecular weight is 447 g/mol. The van der Waals surface area contributed by atoms with Crippen LogP contribution in [-0.4, -0.2) is 46.8 Å². The number of benzene rings is 1. The number of rotatable bonds is 10. The summed E-state index contributed by atoms with van der Waals surface area (Å²) in [5.41, 5.74) is 2.03. The van der Waals surface area contributed by atoms with Crippen molar-refractivity contribution in [2.75, 3.05) is 31.4 Å². The smallest absolute Gasteiger partial charge is 0.338 e. The fourth-order valence-electron chi connectivity index (χ4n) is 3.41. The summed E-state index contributed by atoms with van der Waals surface area (Å²) in [7, 11) is 1.60. The van der Waals surface area contributed by atoms with Crippen LogP contribution in [0.5, 0.6) is 11.5 Å². The maximum atomic E-state index is 12.9. The maximum absolute atomic E-state index is 12.9. The predicted octanol–water partition coefficient (Wildman–Crippen LogP) is 4.43. The maximum Gasteiger partial charge on any atom is 0.338 e. The number of hydrogen-bond donors (Lipinski definition) is 1. The summed E-state index contributed by atoms with van der Waals surface area (Å²) in [6, 6.07) is 5.16. The van der Waals surface area contributed by atoms with Gasteiger partial charge in [0.15, 0.2) is 11.5 Å². The minimum Gasteiger partial charge on any atom is -0.493 e. The van der Waals surface area contributed by atoms with Gasteiger partial charge in [-0.05, 0) is 44.9 Å². The lowest BCUT2D eigenvalue weighted by atomic mass is 9.95. The van der Waals surface area contributed by atoms with Crippen LogP contribution in [-0.2, 0) is 9.53 Å². The highest BCUT2D eigenvalue weighted by Crippen LogP contribution is 2.39. The molecule has 31 heavy (non-hydrogen) atoms.